The molecule has 21 heavy (non-hydrogen) atoms. The van der Waals surface area contributed by atoms with Crippen LogP contribution in [0.3, 0.4) is 0 Å². The minimum atomic E-state index is -0.146. The third kappa shape index (κ3) is 4.21. The SMILES string of the molecule is COc1cc(C(C)=O)ccc1OCC(=O)N[C@@H](C)C1CC1. The van der Waals surface area contributed by atoms with Crippen molar-refractivity contribution in [2.24, 2.45) is 5.92 Å². The van der Waals surface area contributed by atoms with Gasteiger partial charge in [-0.25, -0.2) is 0 Å². The predicted octanol–water partition coefficient (Wildman–Crippen LogP) is 2.19. The summed E-state index contributed by atoms with van der Waals surface area (Å²) in [6.45, 7) is 3.44. The summed E-state index contributed by atoms with van der Waals surface area (Å²) in [5, 5.41) is 2.92. The van der Waals surface area contributed by atoms with Gasteiger partial charge in [0.1, 0.15) is 0 Å². The van der Waals surface area contributed by atoms with Crippen LogP contribution in [-0.2, 0) is 4.79 Å². The van der Waals surface area contributed by atoms with Crippen molar-refractivity contribution in [2.45, 2.75) is 32.7 Å². The summed E-state index contributed by atoms with van der Waals surface area (Å²) in [5.74, 6) is 1.32. The maximum atomic E-state index is 11.8. The molecule has 2 rings (SSSR count). The summed E-state index contributed by atoms with van der Waals surface area (Å²) in [5.41, 5.74) is 0.547. The van der Waals surface area contributed by atoms with Crippen molar-refractivity contribution in [3.05, 3.63) is 23.8 Å². The first kappa shape index (κ1) is 15.4. The highest BCUT2D eigenvalue weighted by Gasteiger charge is 2.28. The highest BCUT2D eigenvalue weighted by atomic mass is 16.5. The van der Waals surface area contributed by atoms with E-state index in [0.29, 0.717) is 23.0 Å². The van der Waals surface area contributed by atoms with E-state index in [0.717, 1.165) is 0 Å². The molecule has 1 fully saturated rings. The Kier molecular flexibility index (Phi) is 4.83. The smallest absolute Gasteiger partial charge is 0.258 e. The zero-order valence-corrected chi connectivity index (χ0v) is 12.6. The van der Waals surface area contributed by atoms with Crippen molar-refractivity contribution in [3.8, 4) is 11.5 Å². The Bertz CT molecular complexity index is 537. The molecule has 1 saturated carbocycles. The average molecular weight is 291 g/mol. The van der Waals surface area contributed by atoms with Gasteiger partial charge in [0.2, 0.25) is 0 Å². The van der Waals surface area contributed by atoms with Gasteiger partial charge in [-0.2, -0.15) is 0 Å². The highest BCUT2D eigenvalue weighted by Crippen LogP contribution is 2.32. The molecule has 114 valence electrons. The highest BCUT2D eigenvalue weighted by molar-refractivity contribution is 5.94. The Hall–Kier alpha value is -2.04. The molecule has 1 aliphatic rings. The Labute approximate surface area is 124 Å². The first-order valence-electron chi connectivity index (χ1n) is 7.12. The van der Waals surface area contributed by atoms with Crippen LogP contribution in [0.2, 0.25) is 0 Å². The van der Waals surface area contributed by atoms with Gasteiger partial charge in [-0.1, -0.05) is 0 Å². The van der Waals surface area contributed by atoms with Crippen LogP contribution in [0.15, 0.2) is 18.2 Å². The van der Waals surface area contributed by atoms with E-state index in [-0.39, 0.29) is 24.3 Å². The van der Waals surface area contributed by atoms with Crippen molar-refractivity contribution >= 4 is 11.7 Å². The number of ketones is 1. The van der Waals surface area contributed by atoms with Gasteiger partial charge < -0.3 is 14.8 Å². The largest absolute Gasteiger partial charge is 0.493 e. The molecule has 0 bridgehead atoms. The molecule has 0 unspecified atom stereocenters. The molecule has 0 heterocycles. The van der Waals surface area contributed by atoms with E-state index in [1.165, 1.54) is 26.9 Å². The minimum absolute atomic E-state index is 0.0455. The number of hydrogen-bond donors (Lipinski definition) is 1. The lowest BCUT2D eigenvalue weighted by Gasteiger charge is -2.14. The second-order valence-corrected chi connectivity index (χ2v) is 5.40. The number of carbonyl (C=O) groups excluding carboxylic acids is 2. The van der Waals surface area contributed by atoms with Crippen LogP contribution in [0.4, 0.5) is 0 Å². The number of nitrogens with one attached hydrogen (secondary N) is 1. The molecule has 0 spiro atoms. The fourth-order valence-electron chi connectivity index (χ4n) is 2.16. The summed E-state index contributed by atoms with van der Waals surface area (Å²) in [6, 6.07) is 5.11. The fourth-order valence-corrected chi connectivity index (χ4v) is 2.16. The number of benzene rings is 1. The molecule has 0 aromatic heterocycles. The first-order valence-corrected chi connectivity index (χ1v) is 7.12. The molecule has 1 N–H and O–H groups in total. The molecule has 5 nitrogen and oxygen atoms in total. The molecule has 0 radical (unpaired) electrons. The number of carbonyl (C=O) groups is 2. The van der Waals surface area contributed by atoms with Crippen LogP contribution in [0, 0.1) is 5.92 Å². The second-order valence-electron chi connectivity index (χ2n) is 5.40. The molecule has 1 aromatic rings. The summed E-state index contributed by atoms with van der Waals surface area (Å²) in [6.07, 6.45) is 2.37. The lowest BCUT2D eigenvalue weighted by molar-refractivity contribution is -0.123. The Balaban J connectivity index is 1.92. The van der Waals surface area contributed by atoms with Gasteiger partial charge in [0.05, 0.1) is 7.11 Å². The van der Waals surface area contributed by atoms with E-state index in [4.69, 9.17) is 9.47 Å². The Morgan fingerprint density at radius 3 is 2.62 bits per heavy atom. The minimum Gasteiger partial charge on any atom is -0.493 e. The van der Waals surface area contributed by atoms with Crippen LogP contribution in [0.25, 0.3) is 0 Å². The van der Waals surface area contributed by atoms with Crippen molar-refractivity contribution in [1.29, 1.82) is 0 Å². The molecule has 1 aromatic carbocycles. The third-order valence-electron chi connectivity index (χ3n) is 3.65. The van der Waals surface area contributed by atoms with E-state index < -0.39 is 0 Å². The summed E-state index contributed by atoms with van der Waals surface area (Å²) in [7, 11) is 1.50. The molecule has 1 amide bonds. The zero-order valence-electron chi connectivity index (χ0n) is 12.6. The molecule has 1 atom stereocenters. The summed E-state index contributed by atoms with van der Waals surface area (Å²) >= 11 is 0. The van der Waals surface area contributed by atoms with E-state index in [1.807, 2.05) is 6.92 Å². The first-order chi connectivity index (χ1) is 10.0. The number of hydrogen-bond acceptors (Lipinski definition) is 4. The van der Waals surface area contributed by atoms with E-state index in [9.17, 15) is 9.59 Å². The zero-order chi connectivity index (χ0) is 15.4. The number of rotatable bonds is 7. The predicted molar refractivity (Wildman–Crippen MR) is 78.8 cm³/mol. The van der Waals surface area contributed by atoms with Crippen molar-refractivity contribution < 1.29 is 19.1 Å². The van der Waals surface area contributed by atoms with E-state index >= 15 is 0 Å². The quantitative estimate of drug-likeness (QED) is 0.782. The van der Waals surface area contributed by atoms with Crippen LogP contribution < -0.4 is 14.8 Å². The topological polar surface area (TPSA) is 64.6 Å². The van der Waals surface area contributed by atoms with Crippen LogP contribution in [0.1, 0.15) is 37.0 Å². The number of ether oxygens (including phenoxy) is 2. The van der Waals surface area contributed by atoms with Gasteiger partial charge in [0.15, 0.2) is 23.9 Å². The Morgan fingerprint density at radius 1 is 1.33 bits per heavy atom. The number of Topliss-reactive ketones (excluding diaryl/α,β-unsaturated/α-hetero) is 1. The van der Waals surface area contributed by atoms with E-state index in [2.05, 4.69) is 5.32 Å². The number of amides is 1. The van der Waals surface area contributed by atoms with Gasteiger partial charge in [-0.3, -0.25) is 9.59 Å². The van der Waals surface area contributed by atoms with Gasteiger partial charge in [0, 0.05) is 11.6 Å². The molecule has 0 aliphatic heterocycles. The second kappa shape index (κ2) is 6.61. The summed E-state index contributed by atoms with van der Waals surface area (Å²) in [4.78, 5) is 23.1. The van der Waals surface area contributed by atoms with Crippen molar-refractivity contribution in [2.75, 3.05) is 13.7 Å². The Morgan fingerprint density at radius 2 is 2.05 bits per heavy atom. The van der Waals surface area contributed by atoms with Gasteiger partial charge in [-0.15, -0.1) is 0 Å². The van der Waals surface area contributed by atoms with Gasteiger partial charge in [-0.05, 0) is 50.8 Å². The van der Waals surface area contributed by atoms with Crippen molar-refractivity contribution in [3.63, 3.8) is 0 Å². The molecular weight excluding hydrogens is 270 g/mol. The normalized spacial score (nSPS) is 15.2. The maximum absolute atomic E-state index is 11.8. The molecule has 0 saturated heterocycles. The fraction of sp³-hybridized carbons (Fsp3) is 0.500. The van der Waals surface area contributed by atoms with Crippen molar-refractivity contribution in [1.82, 2.24) is 5.32 Å². The van der Waals surface area contributed by atoms with E-state index in [1.54, 1.807) is 18.2 Å². The molecule has 1 aliphatic carbocycles. The number of methoxy groups -OCH3 is 1. The van der Waals surface area contributed by atoms with Crippen LogP contribution in [0.5, 0.6) is 11.5 Å². The lowest BCUT2D eigenvalue weighted by Crippen LogP contribution is -2.37. The third-order valence-corrected chi connectivity index (χ3v) is 3.65. The molecular formula is C16H21NO4. The lowest BCUT2D eigenvalue weighted by atomic mass is 10.1. The van der Waals surface area contributed by atoms with Crippen LogP contribution in [-0.4, -0.2) is 31.4 Å². The monoisotopic (exact) mass is 291 g/mol. The van der Waals surface area contributed by atoms with Gasteiger partial charge >= 0.3 is 0 Å². The van der Waals surface area contributed by atoms with Crippen LogP contribution >= 0.6 is 0 Å². The molecule has 5 heteroatoms. The standard InChI is InChI=1S/C16H21NO4/c1-10(12-4-5-12)17-16(19)9-21-14-7-6-13(11(2)18)8-15(14)20-3/h6-8,10,12H,4-5,9H2,1-3H3,(H,17,19)/t10-/m0/s1. The summed E-state index contributed by atoms with van der Waals surface area (Å²) < 4.78 is 10.7. The van der Waals surface area contributed by atoms with Gasteiger partial charge in [0.25, 0.3) is 5.91 Å². The maximum Gasteiger partial charge on any atom is 0.258 e. The average Bonchev–Trinajstić information content (AvgIpc) is 3.29.